The van der Waals surface area contributed by atoms with Crippen LogP contribution in [0.2, 0.25) is 0 Å². The van der Waals surface area contributed by atoms with E-state index in [2.05, 4.69) is 5.10 Å². The molecule has 1 aromatic carbocycles. The Bertz CT molecular complexity index is 438. The number of amidine groups is 1. The van der Waals surface area contributed by atoms with Crippen LogP contribution in [-0.2, 0) is 5.75 Å². The minimum absolute atomic E-state index is 0.0888. The van der Waals surface area contributed by atoms with Crippen LogP contribution < -0.4 is 11.6 Å². The van der Waals surface area contributed by atoms with E-state index >= 15 is 0 Å². The van der Waals surface area contributed by atoms with Gasteiger partial charge < -0.3 is 11.6 Å². The molecule has 0 spiro atoms. The first kappa shape index (κ1) is 12.2. The van der Waals surface area contributed by atoms with Gasteiger partial charge in [-0.05, 0) is 0 Å². The Morgan fingerprint density at radius 1 is 1.62 bits per heavy atom. The number of hydrogen-bond acceptors (Lipinski definition) is 5. The number of rotatable bonds is 3. The van der Waals surface area contributed by atoms with Crippen molar-refractivity contribution in [3.63, 3.8) is 0 Å². The lowest BCUT2D eigenvalue weighted by molar-refractivity contribution is -0.387. The molecule has 8 heteroatoms. The average Bonchev–Trinajstić information content (AvgIpc) is 2.26. The third kappa shape index (κ3) is 2.83. The maximum absolute atomic E-state index is 13.5. The molecule has 0 saturated carbocycles. The molecule has 0 radical (unpaired) electrons. The van der Waals surface area contributed by atoms with Crippen molar-refractivity contribution < 1.29 is 9.31 Å². The number of nitro benzene ring substituents is 1. The first-order chi connectivity index (χ1) is 7.56. The fourth-order valence-corrected chi connectivity index (χ4v) is 1.61. The lowest BCUT2D eigenvalue weighted by atomic mass is 10.2. The predicted octanol–water partition coefficient (Wildman–Crippen LogP) is 1.16. The molecule has 0 fully saturated rings. The summed E-state index contributed by atoms with van der Waals surface area (Å²) >= 11 is 1.00. The summed E-state index contributed by atoms with van der Waals surface area (Å²) in [5.74, 6) is 4.17. The molecule has 86 valence electrons. The van der Waals surface area contributed by atoms with E-state index in [0.29, 0.717) is 0 Å². The standard InChI is InChI=1S/C8H9FN4O2S/c9-7-5(4-16-8(10)12-11)2-1-3-6(7)13(14)15/h1-3H,4,11H2,(H2,10,12). The van der Waals surface area contributed by atoms with E-state index in [0.717, 1.165) is 17.8 Å². The first-order valence-electron chi connectivity index (χ1n) is 4.14. The van der Waals surface area contributed by atoms with Gasteiger partial charge in [0.2, 0.25) is 5.82 Å². The van der Waals surface area contributed by atoms with Gasteiger partial charge in [-0.15, -0.1) is 0 Å². The second-order valence-corrected chi connectivity index (χ2v) is 3.76. The van der Waals surface area contributed by atoms with Crippen LogP contribution in [0.25, 0.3) is 0 Å². The van der Waals surface area contributed by atoms with Gasteiger partial charge in [0.05, 0.1) is 4.92 Å². The monoisotopic (exact) mass is 244 g/mol. The summed E-state index contributed by atoms with van der Waals surface area (Å²) in [7, 11) is 0. The first-order valence-corrected chi connectivity index (χ1v) is 5.12. The van der Waals surface area contributed by atoms with Crippen molar-refractivity contribution in [1.29, 1.82) is 0 Å². The molecular weight excluding hydrogens is 235 g/mol. The van der Waals surface area contributed by atoms with E-state index in [-0.39, 0.29) is 16.5 Å². The molecular formula is C8H9FN4O2S. The highest BCUT2D eigenvalue weighted by Crippen LogP contribution is 2.23. The molecule has 1 aromatic rings. The summed E-state index contributed by atoms with van der Waals surface area (Å²) in [6.45, 7) is 0. The number of hydrazone groups is 1. The quantitative estimate of drug-likeness (QED) is 0.273. The summed E-state index contributed by atoms with van der Waals surface area (Å²) in [5.41, 5.74) is 4.93. The van der Waals surface area contributed by atoms with Crippen LogP contribution in [0.1, 0.15) is 5.56 Å². The molecule has 4 N–H and O–H groups in total. The van der Waals surface area contributed by atoms with Gasteiger partial charge in [-0.2, -0.15) is 9.49 Å². The Kier molecular flexibility index (Phi) is 4.06. The number of halogens is 1. The van der Waals surface area contributed by atoms with Gasteiger partial charge in [0, 0.05) is 17.4 Å². The summed E-state index contributed by atoms with van der Waals surface area (Å²) in [6.07, 6.45) is 0. The SMILES string of the molecule is N/N=C(/N)SCc1cccc([N+](=O)[O-])c1F. The topological polar surface area (TPSA) is 108 Å². The summed E-state index contributed by atoms with van der Waals surface area (Å²) < 4.78 is 13.5. The van der Waals surface area contributed by atoms with Crippen molar-refractivity contribution in [1.82, 2.24) is 0 Å². The van der Waals surface area contributed by atoms with Gasteiger partial charge in [-0.1, -0.05) is 23.9 Å². The van der Waals surface area contributed by atoms with Crippen molar-refractivity contribution in [2.24, 2.45) is 16.7 Å². The second kappa shape index (κ2) is 5.31. The van der Waals surface area contributed by atoms with Gasteiger partial charge >= 0.3 is 5.69 Å². The van der Waals surface area contributed by atoms with Crippen LogP contribution >= 0.6 is 11.8 Å². The van der Waals surface area contributed by atoms with Gasteiger partial charge in [-0.25, -0.2) is 0 Å². The number of nitrogens with two attached hydrogens (primary N) is 2. The van der Waals surface area contributed by atoms with Crippen molar-refractivity contribution in [3.8, 4) is 0 Å². The van der Waals surface area contributed by atoms with Crippen LogP contribution in [0.15, 0.2) is 23.3 Å². The Balaban J connectivity index is 2.89. The van der Waals surface area contributed by atoms with E-state index in [1.54, 1.807) is 0 Å². The Hall–Kier alpha value is -1.83. The maximum Gasteiger partial charge on any atom is 0.305 e. The minimum atomic E-state index is -0.857. The molecule has 0 amide bonds. The third-order valence-electron chi connectivity index (χ3n) is 1.76. The smallest absolute Gasteiger partial charge is 0.305 e. The molecule has 0 aliphatic carbocycles. The van der Waals surface area contributed by atoms with Gasteiger partial charge in [0.1, 0.15) is 0 Å². The van der Waals surface area contributed by atoms with Gasteiger partial charge in [0.25, 0.3) is 0 Å². The van der Waals surface area contributed by atoms with Crippen LogP contribution in [0, 0.1) is 15.9 Å². The fraction of sp³-hybridized carbons (Fsp3) is 0.125. The number of nitrogens with zero attached hydrogens (tertiary/aromatic N) is 2. The molecule has 6 nitrogen and oxygen atoms in total. The number of benzene rings is 1. The summed E-state index contributed by atoms with van der Waals surface area (Å²) in [6, 6.07) is 3.95. The van der Waals surface area contributed by atoms with E-state index in [9.17, 15) is 14.5 Å². The van der Waals surface area contributed by atoms with Crippen molar-refractivity contribution >= 4 is 22.6 Å². The van der Waals surface area contributed by atoms with Crippen LogP contribution in [0.5, 0.6) is 0 Å². The highest BCUT2D eigenvalue weighted by molar-refractivity contribution is 8.13. The zero-order valence-electron chi connectivity index (χ0n) is 8.09. The molecule has 1 rings (SSSR count). The normalized spacial score (nSPS) is 11.4. The average molecular weight is 244 g/mol. The van der Waals surface area contributed by atoms with Crippen molar-refractivity contribution in [3.05, 3.63) is 39.7 Å². The summed E-state index contributed by atoms with van der Waals surface area (Å²) in [4.78, 5) is 9.68. The molecule has 0 aliphatic rings. The molecule has 0 bridgehead atoms. The van der Waals surface area contributed by atoms with E-state index in [4.69, 9.17) is 11.6 Å². The second-order valence-electron chi connectivity index (χ2n) is 2.76. The molecule has 0 heterocycles. The molecule has 0 atom stereocenters. The van der Waals surface area contributed by atoms with Crippen LogP contribution in [-0.4, -0.2) is 10.1 Å². The summed E-state index contributed by atoms with van der Waals surface area (Å²) in [5, 5.41) is 13.7. The molecule has 0 aromatic heterocycles. The third-order valence-corrected chi connectivity index (χ3v) is 2.61. The predicted molar refractivity (Wildman–Crippen MR) is 60.2 cm³/mol. The van der Waals surface area contributed by atoms with Crippen molar-refractivity contribution in [2.75, 3.05) is 0 Å². The molecule has 0 aliphatic heterocycles. The molecule has 0 unspecified atom stereocenters. The van der Waals surface area contributed by atoms with E-state index in [1.807, 2.05) is 0 Å². The highest BCUT2D eigenvalue weighted by Gasteiger charge is 2.17. The van der Waals surface area contributed by atoms with Gasteiger partial charge in [-0.3, -0.25) is 10.1 Å². The van der Waals surface area contributed by atoms with E-state index in [1.165, 1.54) is 12.1 Å². The zero-order valence-corrected chi connectivity index (χ0v) is 8.91. The van der Waals surface area contributed by atoms with Crippen LogP contribution in [0.3, 0.4) is 0 Å². The van der Waals surface area contributed by atoms with E-state index < -0.39 is 16.4 Å². The molecule has 0 saturated heterocycles. The molecule has 16 heavy (non-hydrogen) atoms. The van der Waals surface area contributed by atoms with Crippen molar-refractivity contribution in [2.45, 2.75) is 5.75 Å². The number of thioether (sulfide) groups is 1. The Morgan fingerprint density at radius 2 is 2.31 bits per heavy atom. The Morgan fingerprint density at radius 3 is 2.88 bits per heavy atom. The lowest BCUT2D eigenvalue weighted by Gasteiger charge is -2.02. The number of hydrogen-bond donors (Lipinski definition) is 2. The Labute approximate surface area is 94.6 Å². The fourth-order valence-electron chi connectivity index (χ4n) is 1.01. The highest BCUT2D eigenvalue weighted by atomic mass is 32.2. The minimum Gasteiger partial charge on any atom is -0.377 e. The zero-order chi connectivity index (χ0) is 12.1. The largest absolute Gasteiger partial charge is 0.377 e. The van der Waals surface area contributed by atoms with Gasteiger partial charge in [0.15, 0.2) is 5.17 Å². The maximum atomic E-state index is 13.5. The number of nitro groups is 1. The lowest BCUT2D eigenvalue weighted by Crippen LogP contribution is -2.09. The van der Waals surface area contributed by atoms with Crippen LogP contribution in [0.4, 0.5) is 10.1 Å².